The number of benzene rings is 2. The highest BCUT2D eigenvalue weighted by Gasteiger charge is 2.01. The Morgan fingerprint density at radius 2 is 1.09 bits per heavy atom. The van der Waals surface area contributed by atoms with Crippen LogP contribution in [0.1, 0.15) is 11.1 Å². The van der Waals surface area contributed by atoms with Crippen molar-refractivity contribution < 1.29 is 9.47 Å². The Morgan fingerprint density at radius 3 is 1.55 bits per heavy atom. The number of nitrogens with zero attached hydrogens (tertiary/aromatic N) is 1. The average molecular weight is 291 g/mol. The molecule has 0 saturated heterocycles. The Morgan fingerprint density at radius 1 is 0.636 bits per heavy atom. The molecule has 0 aliphatic heterocycles. The van der Waals surface area contributed by atoms with Gasteiger partial charge in [0.25, 0.3) is 0 Å². The number of ether oxygens (including phenoxy) is 2. The van der Waals surface area contributed by atoms with E-state index >= 15 is 0 Å². The lowest BCUT2D eigenvalue weighted by molar-refractivity contribution is 0.287. The average Bonchev–Trinajstić information content (AvgIpc) is 2.60. The van der Waals surface area contributed by atoms with Crippen molar-refractivity contribution >= 4 is 0 Å². The first-order valence-corrected chi connectivity index (χ1v) is 7.19. The quantitative estimate of drug-likeness (QED) is 0.680. The fraction of sp³-hybridized carbons (Fsp3) is 0.105. The van der Waals surface area contributed by atoms with Crippen molar-refractivity contribution in [2.24, 2.45) is 0 Å². The Kier molecular flexibility index (Phi) is 4.67. The van der Waals surface area contributed by atoms with Crippen LogP contribution in [0.4, 0.5) is 0 Å². The van der Waals surface area contributed by atoms with Gasteiger partial charge < -0.3 is 9.47 Å². The molecule has 22 heavy (non-hydrogen) atoms. The van der Waals surface area contributed by atoms with Crippen LogP contribution in [0.5, 0.6) is 11.5 Å². The van der Waals surface area contributed by atoms with E-state index in [0.29, 0.717) is 24.7 Å². The summed E-state index contributed by atoms with van der Waals surface area (Å²) in [4.78, 5) is 4.16. The molecule has 1 aromatic heterocycles. The molecular formula is C19H17NO2. The zero-order valence-electron chi connectivity index (χ0n) is 12.2. The molecule has 0 spiro atoms. The Bertz CT molecular complexity index is 640. The van der Waals surface area contributed by atoms with Gasteiger partial charge in [0.2, 0.25) is 0 Å². The Hall–Kier alpha value is -2.81. The first kappa shape index (κ1) is 14.1. The van der Waals surface area contributed by atoms with E-state index in [1.165, 1.54) is 0 Å². The van der Waals surface area contributed by atoms with Gasteiger partial charge in [-0.15, -0.1) is 0 Å². The van der Waals surface area contributed by atoms with E-state index in [1.54, 1.807) is 12.4 Å². The SMILES string of the molecule is c1ccc(COc2cncc(OCc3ccccc3)c2)cc1. The zero-order valence-corrected chi connectivity index (χ0v) is 12.2. The summed E-state index contributed by atoms with van der Waals surface area (Å²) in [5.74, 6) is 1.41. The van der Waals surface area contributed by atoms with Crippen molar-refractivity contribution in [1.29, 1.82) is 0 Å². The summed E-state index contributed by atoms with van der Waals surface area (Å²) < 4.78 is 11.5. The third kappa shape index (κ3) is 4.09. The van der Waals surface area contributed by atoms with Gasteiger partial charge in [-0.2, -0.15) is 0 Å². The molecule has 0 fully saturated rings. The summed E-state index contributed by atoms with van der Waals surface area (Å²) in [6.07, 6.45) is 3.39. The molecule has 3 heteroatoms. The van der Waals surface area contributed by atoms with Gasteiger partial charge in [0.05, 0.1) is 12.4 Å². The van der Waals surface area contributed by atoms with Gasteiger partial charge in [0, 0.05) is 6.07 Å². The Balaban J connectivity index is 1.58. The third-order valence-electron chi connectivity index (χ3n) is 3.18. The van der Waals surface area contributed by atoms with E-state index in [0.717, 1.165) is 11.1 Å². The predicted molar refractivity (Wildman–Crippen MR) is 85.8 cm³/mol. The van der Waals surface area contributed by atoms with Crippen LogP contribution in [0.15, 0.2) is 79.1 Å². The zero-order chi connectivity index (χ0) is 15.0. The maximum Gasteiger partial charge on any atom is 0.141 e. The van der Waals surface area contributed by atoms with E-state index in [1.807, 2.05) is 66.7 Å². The molecule has 3 aromatic rings. The molecule has 3 nitrogen and oxygen atoms in total. The summed E-state index contributed by atoms with van der Waals surface area (Å²) in [6, 6.07) is 21.9. The second-order valence-electron chi connectivity index (χ2n) is 4.90. The number of rotatable bonds is 6. The minimum absolute atomic E-state index is 0.519. The first-order valence-electron chi connectivity index (χ1n) is 7.19. The van der Waals surface area contributed by atoms with Gasteiger partial charge in [-0.3, -0.25) is 4.98 Å². The molecular weight excluding hydrogens is 274 g/mol. The van der Waals surface area contributed by atoms with Crippen LogP contribution in [0.25, 0.3) is 0 Å². The predicted octanol–water partition coefficient (Wildman–Crippen LogP) is 4.24. The largest absolute Gasteiger partial charge is 0.487 e. The van der Waals surface area contributed by atoms with E-state index in [2.05, 4.69) is 4.98 Å². The summed E-state index contributed by atoms with van der Waals surface area (Å²) >= 11 is 0. The summed E-state index contributed by atoms with van der Waals surface area (Å²) in [6.45, 7) is 1.04. The van der Waals surface area contributed by atoms with Crippen molar-refractivity contribution in [3.63, 3.8) is 0 Å². The standard InChI is InChI=1S/C19H17NO2/c1-3-7-16(8-4-1)14-21-18-11-19(13-20-12-18)22-15-17-9-5-2-6-10-17/h1-13H,14-15H2. The molecule has 2 aromatic carbocycles. The van der Waals surface area contributed by atoms with Crippen LogP contribution < -0.4 is 9.47 Å². The normalized spacial score (nSPS) is 10.2. The third-order valence-corrected chi connectivity index (χ3v) is 3.18. The fourth-order valence-corrected chi connectivity index (χ4v) is 2.04. The number of hydrogen-bond donors (Lipinski definition) is 0. The molecule has 0 amide bonds. The smallest absolute Gasteiger partial charge is 0.141 e. The lowest BCUT2D eigenvalue weighted by atomic mass is 10.2. The summed E-state index contributed by atoms with van der Waals surface area (Å²) in [7, 11) is 0. The molecule has 0 N–H and O–H groups in total. The molecule has 0 radical (unpaired) electrons. The molecule has 0 unspecified atom stereocenters. The van der Waals surface area contributed by atoms with Crippen molar-refractivity contribution in [3.05, 3.63) is 90.3 Å². The number of aromatic nitrogens is 1. The van der Waals surface area contributed by atoms with Crippen molar-refractivity contribution in [2.75, 3.05) is 0 Å². The van der Waals surface area contributed by atoms with Gasteiger partial charge >= 0.3 is 0 Å². The van der Waals surface area contributed by atoms with Crippen molar-refractivity contribution in [1.82, 2.24) is 4.98 Å². The summed E-state index contributed by atoms with van der Waals surface area (Å²) in [5.41, 5.74) is 2.25. The minimum Gasteiger partial charge on any atom is -0.487 e. The first-order chi connectivity index (χ1) is 10.9. The van der Waals surface area contributed by atoms with Crippen LogP contribution in [-0.2, 0) is 13.2 Å². The number of pyridine rings is 1. The van der Waals surface area contributed by atoms with E-state index in [9.17, 15) is 0 Å². The summed E-state index contributed by atoms with van der Waals surface area (Å²) in [5, 5.41) is 0. The van der Waals surface area contributed by atoms with Crippen LogP contribution in [0.2, 0.25) is 0 Å². The molecule has 110 valence electrons. The number of hydrogen-bond acceptors (Lipinski definition) is 3. The topological polar surface area (TPSA) is 31.4 Å². The van der Waals surface area contributed by atoms with Gasteiger partial charge in [-0.25, -0.2) is 0 Å². The highest BCUT2D eigenvalue weighted by atomic mass is 16.5. The van der Waals surface area contributed by atoms with E-state index in [-0.39, 0.29) is 0 Å². The molecule has 1 heterocycles. The molecule has 0 aliphatic carbocycles. The maximum absolute atomic E-state index is 5.74. The van der Waals surface area contributed by atoms with Gasteiger partial charge in [0.15, 0.2) is 0 Å². The second-order valence-corrected chi connectivity index (χ2v) is 4.90. The molecule has 0 saturated carbocycles. The Labute approximate surface area is 130 Å². The lowest BCUT2D eigenvalue weighted by Crippen LogP contribution is -1.98. The van der Waals surface area contributed by atoms with Gasteiger partial charge in [-0.1, -0.05) is 60.7 Å². The second kappa shape index (κ2) is 7.27. The van der Waals surface area contributed by atoms with Crippen LogP contribution >= 0.6 is 0 Å². The highest BCUT2D eigenvalue weighted by molar-refractivity contribution is 5.29. The molecule has 0 atom stereocenters. The monoisotopic (exact) mass is 291 g/mol. The van der Waals surface area contributed by atoms with Crippen LogP contribution in [0, 0.1) is 0 Å². The maximum atomic E-state index is 5.74. The van der Waals surface area contributed by atoms with Crippen LogP contribution in [0.3, 0.4) is 0 Å². The van der Waals surface area contributed by atoms with Crippen molar-refractivity contribution in [2.45, 2.75) is 13.2 Å². The lowest BCUT2D eigenvalue weighted by Gasteiger charge is -2.09. The van der Waals surface area contributed by atoms with Gasteiger partial charge in [-0.05, 0) is 11.1 Å². The van der Waals surface area contributed by atoms with Crippen molar-refractivity contribution in [3.8, 4) is 11.5 Å². The molecule has 0 aliphatic rings. The van der Waals surface area contributed by atoms with E-state index in [4.69, 9.17) is 9.47 Å². The molecule has 3 rings (SSSR count). The minimum atomic E-state index is 0.519. The molecule has 0 bridgehead atoms. The van der Waals surface area contributed by atoms with E-state index < -0.39 is 0 Å². The van der Waals surface area contributed by atoms with Crippen LogP contribution in [-0.4, -0.2) is 4.98 Å². The fourth-order valence-electron chi connectivity index (χ4n) is 2.04. The van der Waals surface area contributed by atoms with Gasteiger partial charge in [0.1, 0.15) is 24.7 Å². The highest BCUT2D eigenvalue weighted by Crippen LogP contribution is 2.19.